The van der Waals surface area contributed by atoms with Crippen LogP contribution in [-0.4, -0.2) is 63.7 Å². The number of benzene rings is 11. The van der Waals surface area contributed by atoms with Crippen molar-refractivity contribution >= 4 is 70.8 Å². The van der Waals surface area contributed by atoms with Gasteiger partial charge >= 0.3 is 0 Å². The van der Waals surface area contributed by atoms with E-state index in [-0.39, 0.29) is 0 Å². The molecule has 0 saturated carbocycles. The second-order valence-corrected chi connectivity index (χ2v) is 31.0. The quantitative estimate of drug-likeness (QED) is 0.109. The maximum Gasteiger partial charge on any atom is 0.112 e. The van der Waals surface area contributed by atoms with Crippen molar-refractivity contribution in [1.82, 2.24) is 63.7 Å². The van der Waals surface area contributed by atoms with Crippen LogP contribution < -0.4 is 0 Å². The van der Waals surface area contributed by atoms with Gasteiger partial charge in [-0.25, -0.2) is 28.5 Å². The van der Waals surface area contributed by atoms with Gasteiger partial charge in [-0.1, -0.05) is 261 Å². The first kappa shape index (κ1) is 74.2. The van der Waals surface area contributed by atoms with Crippen LogP contribution >= 0.6 is 0 Å². The molecule has 11 aromatic carbocycles. The molecule has 13 aromatic heterocycles. The van der Waals surface area contributed by atoms with Gasteiger partial charge in [0.05, 0.1) is 78.7 Å². The molecular weight excluding hydrogens is 1530 g/mol. The Labute approximate surface area is 719 Å². The van der Waals surface area contributed by atoms with Gasteiger partial charge in [-0.2, -0.15) is 15.3 Å². The van der Waals surface area contributed by atoms with Crippen molar-refractivity contribution in [1.29, 1.82) is 0 Å². The molecule has 0 fully saturated rings. The van der Waals surface area contributed by atoms with Crippen molar-refractivity contribution in [2.75, 3.05) is 0 Å². The molecule has 13 heterocycles. The van der Waals surface area contributed by atoms with Gasteiger partial charge in [-0.3, -0.25) is 19.9 Å². The van der Waals surface area contributed by atoms with Crippen molar-refractivity contribution in [2.24, 2.45) is 0 Å². The lowest BCUT2D eigenvalue weighted by Crippen LogP contribution is -1.94. The zero-order valence-corrected chi connectivity index (χ0v) is 67.5. The number of hydrogen-bond acceptors (Lipinski definition) is 10. The van der Waals surface area contributed by atoms with E-state index in [9.17, 15) is 0 Å². The zero-order chi connectivity index (χ0) is 82.9. The summed E-state index contributed by atoms with van der Waals surface area (Å²) in [5, 5.41) is 23.4. The second-order valence-electron chi connectivity index (χ2n) is 31.0. The number of aromatic nitrogens is 13. The highest BCUT2D eigenvalue weighted by molar-refractivity contribution is 5.93. The molecule has 0 atom stereocenters. The normalized spacial score (nSPS) is 11.4. The molecule has 0 aliphatic heterocycles. The number of para-hydroxylation sites is 3. The van der Waals surface area contributed by atoms with Gasteiger partial charge in [-0.05, 0) is 217 Å². The number of rotatable bonds is 13. The predicted molar refractivity (Wildman–Crippen MR) is 508 cm³/mol. The van der Waals surface area contributed by atoms with Crippen molar-refractivity contribution in [3.63, 3.8) is 0 Å². The molecule has 0 bridgehead atoms. The minimum Gasteiger partial charge on any atom is -0.265 e. The minimum absolute atomic E-state index is 0.794. The van der Waals surface area contributed by atoms with Crippen LogP contribution in [0.5, 0.6) is 0 Å². The Bertz CT molecular complexity index is 7500. The highest BCUT2D eigenvalue weighted by atomic mass is 15.2. The molecule has 0 radical (unpaired) electrons. The number of nitrogens with zero attached hydrogens (tertiary/aromatic N) is 13. The smallest absolute Gasteiger partial charge is 0.112 e. The maximum absolute atomic E-state index is 5.17. The SMILES string of the molecule is c1ccc(-c2ccc(-c3cc(-c4ccc(-c5ccccn5)cc4)nc(-c4cc5ccc6ccccc6n5n4)c3)nc2)cc1.c1ccc2c(c1)ccc1cc(-c3cc(-c4ccc(-c5ccncc5)cc4)cc(-c4ccc(-c5ccncc5)cc4)n3)nn12.c1ccc2cc(-c3cc(-c4ccc5ccccc5c4)nc(-c4cc5ccc6ccccc6n5n4)c3)ccc2c1. The fourth-order valence-corrected chi connectivity index (χ4v) is 16.6. The molecule has 0 spiro atoms. The van der Waals surface area contributed by atoms with E-state index >= 15 is 0 Å². The van der Waals surface area contributed by atoms with Crippen molar-refractivity contribution in [3.8, 4) is 146 Å². The van der Waals surface area contributed by atoms with Crippen LogP contribution in [0, 0.1) is 0 Å². The molecule has 586 valence electrons. The van der Waals surface area contributed by atoms with Crippen molar-refractivity contribution in [3.05, 3.63) is 444 Å². The van der Waals surface area contributed by atoms with Crippen LogP contribution in [0.2, 0.25) is 0 Å². The van der Waals surface area contributed by atoms with Crippen molar-refractivity contribution < 1.29 is 0 Å². The van der Waals surface area contributed by atoms with E-state index in [1.807, 2.05) is 130 Å². The molecule has 13 nitrogen and oxygen atoms in total. The van der Waals surface area contributed by atoms with E-state index < -0.39 is 0 Å². The summed E-state index contributed by atoms with van der Waals surface area (Å²) in [6, 6.07) is 141. The lowest BCUT2D eigenvalue weighted by atomic mass is 9.98. The van der Waals surface area contributed by atoms with E-state index in [0.717, 1.165) is 195 Å². The standard InChI is InChI=1S/2C38H25N5.C36H23N3/c1-2-8-26(9-3-1)30-18-20-34(40-25-30)31-22-35(28-15-13-27(14-16-28)33-11-6-7-21-39-33)41-36(23-31)37-24-32-19-17-29-10-4-5-12-38(29)43(32)42-37;1-2-4-38-32(3-1)13-14-34-25-37(42-43(34)38)36-24-33(28-7-5-26(6-8-28)29-15-19-39-20-16-29)23-35(41-36)31-11-9-27(10-12-31)30-17-21-40-22-18-30;1-3-10-27-19-29(15-13-24(27)7-1)31-21-33(30-16-14-25-8-2-4-11-28(25)20-30)37-34(22-31)35-23-32-18-17-26-9-5-6-12-36(26)39(32)38-35/h2*1-25H;1-23H. The van der Waals surface area contributed by atoms with Crippen LogP contribution in [0.3, 0.4) is 0 Å². The summed E-state index contributed by atoms with van der Waals surface area (Å²) >= 11 is 0. The number of fused-ring (bicyclic) bond motifs is 11. The summed E-state index contributed by atoms with van der Waals surface area (Å²) in [5.41, 5.74) is 32.3. The topological polar surface area (TPSA) is 142 Å². The molecular formula is C112H73N13. The summed E-state index contributed by atoms with van der Waals surface area (Å²) in [6.07, 6.45) is 11.0. The fraction of sp³-hybridized carbons (Fsp3) is 0. The Balaban J connectivity index is 0.000000111. The van der Waals surface area contributed by atoms with E-state index in [0.29, 0.717) is 0 Å². The Morgan fingerprint density at radius 1 is 0.152 bits per heavy atom. The summed E-state index contributed by atoms with van der Waals surface area (Å²) in [5.74, 6) is 0. The van der Waals surface area contributed by atoms with E-state index in [1.165, 1.54) is 21.5 Å². The van der Waals surface area contributed by atoms with Gasteiger partial charge in [0.15, 0.2) is 0 Å². The summed E-state index contributed by atoms with van der Waals surface area (Å²) in [4.78, 5) is 33.1. The van der Waals surface area contributed by atoms with Crippen LogP contribution in [0.4, 0.5) is 0 Å². The van der Waals surface area contributed by atoms with E-state index in [1.54, 1.807) is 0 Å². The number of pyridine rings is 10. The summed E-state index contributed by atoms with van der Waals surface area (Å²) < 4.78 is 6.02. The van der Waals surface area contributed by atoms with Crippen molar-refractivity contribution in [2.45, 2.75) is 0 Å². The molecule has 0 amide bonds. The molecule has 125 heavy (non-hydrogen) atoms. The lowest BCUT2D eigenvalue weighted by molar-refractivity contribution is 1.00. The van der Waals surface area contributed by atoms with Gasteiger partial charge in [0.25, 0.3) is 0 Å². The van der Waals surface area contributed by atoms with Crippen LogP contribution in [0.1, 0.15) is 0 Å². The van der Waals surface area contributed by atoms with E-state index in [4.69, 9.17) is 35.2 Å². The molecule has 0 unspecified atom stereocenters. The Kier molecular flexibility index (Phi) is 19.3. The van der Waals surface area contributed by atoms with Crippen LogP contribution in [0.25, 0.3) is 217 Å². The van der Waals surface area contributed by atoms with Crippen LogP contribution in [-0.2, 0) is 0 Å². The van der Waals surface area contributed by atoms with Gasteiger partial charge in [-0.15, -0.1) is 0 Å². The fourth-order valence-electron chi connectivity index (χ4n) is 16.6. The summed E-state index contributed by atoms with van der Waals surface area (Å²) in [7, 11) is 0. The summed E-state index contributed by atoms with van der Waals surface area (Å²) in [6.45, 7) is 0. The number of hydrogen-bond donors (Lipinski definition) is 0. The minimum atomic E-state index is 0.794. The first-order valence-electron chi connectivity index (χ1n) is 41.6. The Hall–Kier alpha value is -17.2. The maximum atomic E-state index is 5.17. The molecule has 0 aliphatic carbocycles. The van der Waals surface area contributed by atoms with Gasteiger partial charge in [0, 0.05) is 86.7 Å². The lowest BCUT2D eigenvalue weighted by Gasteiger charge is -2.10. The monoisotopic (exact) mass is 1600 g/mol. The van der Waals surface area contributed by atoms with Gasteiger partial charge < -0.3 is 0 Å². The molecule has 13 heteroatoms. The highest BCUT2D eigenvalue weighted by Gasteiger charge is 2.20. The average molecular weight is 1600 g/mol. The van der Waals surface area contributed by atoms with Gasteiger partial charge in [0.2, 0.25) is 0 Å². The zero-order valence-electron chi connectivity index (χ0n) is 67.5. The predicted octanol–water partition coefficient (Wildman–Crippen LogP) is 27.2. The highest BCUT2D eigenvalue weighted by Crippen LogP contribution is 2.39. The first-order valence-corrected chi connectivity index (χ1v) is 41.6. The first-order chi connectivity index (χ1) is 61.8. The average Bonchev–Trinajstić information content (AvgIpc) is 1.66. The Morgan fingerprint density at radius 2 is 0.472 bits per heavy atom. The third-order valence-corrected chi connectivity index (χ3v) is 23.1. The van der Waals surface area contributed by atoms with Crippen LogP contribution in [0.15, 0.2) is 444 Å². The molecule has 0 aliphatic rings. The molecule has 24 aromatic rings. The van der Waals surface area contributed by atoms with E-state index in [2.05, 4.69) is 343 Å². The third-order valence-electron chi connectivity index (χ3n) is 23.1. The molecule has 0 N–H and O–H groups in total. The second kappa shape index (κ2) is 32.5. The van der Waals surface area contributed by atoms with Gasteiger partial charge in [0.1, 0.15) is 17.1 Å². The Morgan fingerprint density at radius 3 is 0.928 bits per heavy atom. The molecule has 0 saturated heterocycles. The third kappa shape index (κ3) is 15.1. The largest absolute Gasteiger partial charge is 0.265 e. The molecule has 24 rings (SSSR count).